The molecule has 1 N–H and O–H groups in total. The molecule has 0 heterocycles. The summed E-state index contributed by atoms with van der Waals surface area (Å²) in [5.74, 6) is -1.71. The molecule has 0 saturated carbocycles. The summed E-state index contributed by atoms with van der Waals surface area (Å²) in [5, 5.41) is 2.64. The second-order valence-corrected chi connectivity index (χ2v) is 6.56. The van der Waals surface area contributed by atoms with Crippen LogP contribution in [0.2, 0.25) is 0 Å². The number of Topliss-reactive ketones (excluding diaryl/α,β-unsaturated/α-hetero) is 1. The van der Waals surface area contributed by atoms with Crippen molar-refractivity contribution in [2.75, 3.05) is 18.5 Å². The fourth-order valence-corrected chi connectivity index (χ4v) is 2.45. The van der Waals surface area contributed by atoms with Gasteiger partial charge in [-0.25, -0.2) is 4.79 Å². The Balaban J connectivity index is 1.70. The highest BCUT2D eigenvalue weighted by molar-refractivity contribution is 5.98. The van der Waals surface area contributed by atoms with Crippen LogP contribution in [-0.2, 0) is 19.1 Å². The number of amides is 1. The number of nitrogens with one attached hydrogen (secondary N) is 1. The Morgan fingerprint density at radius 3 is 2.20 bits per heavy atom. The van der Waals surface area contributed by atoms with Crippen LogP contribution in [0.5, 0.6) is 0 Å². The van der Waals surface area contributed by atoms with Crippen molar-refractivity contribution >= 4 is 29.3 Å². The van der Waals surface area contributed by atoms with Crippen LogP contribution in [-0.4, -0.2) is 36.8 Å². The molecule has 7 nitrogen and oxygen atoms in total. The molecule has 1 amide bonds. The van der Waals surface area contributed by atoms with Crippen molar-refractivity contribution in [1.29, 1.82) is 0 Å². The number of ether oxygens (including phenoxy) is 2. The van der Waals surface area contributed by atoms with Crippen LogP contribution in [0.3, 0.4) is 0 Å². The molecule has 2 rings (SSSR count). The zero-order chi connectivity index (χ0) is 21.8. The summed E-state index contributed by atoms with van der Waals surface area (Å²) >= 11 is 0. The predicted octanol–water partition coefficient (Wildman–Crippen LogP) is 3.79. The van der Waals surface area contributed by atoms with Crippen LogP contribution >= 0.6 is 0 Å². The number of unbranched alkanes of at least 4 members (excludes halogenated alkanes) is 1. The van der Waals surface area contributed by atoms with Crippen molar-refractivity contribution in [3.05, 3.63) is 65.7 Å². The summed E-state index contributed by atoms with van der Waals surface area (Å²) < 4.78 is 10.0. The fourth-order valence-electron chi connectivity index (χ4n) is 2.45. The number of hydrogen-bond acceptors (Lipinski definition) is 6. The van der Waals surface area contributed by atoms with E-state index in [1.165, 1.54) is 0 Å². The van der Waals surface area contributed by atoms with E-state index in [1.807, 2.05) is 6.92 Å². The third-order valence-electron chi connectivity index (χ3n) is 4.15. The highest BCUT2D eigenvalue weighted by atomic mass is 16.5. The van der Waals surface area contributed by atoms with E-state index >= 15 is 0 Å². The average Bonchev–Trinajstić information content (AvgIpc) is 2.77. The Morgan fingerprint density at radius 1 is 0.833 bits per heavy atom. The highest BCUT2D eigenvalue weighted by Gasteiger charge is 2.12. The maximum atomic E-state index is 12.0. The topological polar surface area (TPSA) is 98.8 Å². The smallest absolute Gasteiger partial charge is 0.338 e. The molecule has 0 spiro atoms. The lowest BCUT2D eigenvalue weighted by atomic mass is 10.1. The molecule has 0 atom stereocenters. The molecular weight excluding hydrogens is 386 g/mol. The third kappa shape index (κ3) is 7.87. The lowest BCUT2D eigenvalue weighted by Gasteiger charge is -2.07. The highest BCUT2D eigenvalue weighted by Crippen LogP contribution is 2.12. The van der Waals surface area contributed by atoms with Crippen molar-refractivity contribution in [2.45, 2.75) is 32.6 Å². The van der Waals surface area contributed by atoms with Gasteiger partial charge in [-0.15, -0.1) is 0 Å². The fraction of sp³-hybridized carbons (Fsp3) is 0.304. The van der Waals surface area contributed by atoms with Crippen molar-refractivity contribution in [2.24, 2.45) is 0 Å². The zero-order valence-electron chi connectivity index (χ0n) is 16.9. The quantitative estimate of drug-likeness (QED) is 0.343. The van der Waals surface area contributed by atoms with E-state index in [4.69, 9.17) is 9.47 Å². The molecule has 0 aliphatic carbocycles. The molecular formula is C23H25NO6. The summed E-state index contributed by atoms with van der Waals surface area (Å²) in [6.07, 6.45) is 1.52. The second kappa shape index (κ2) is 12.2. The number of benzene rings is 2. The van der Waals surface area contributed by atoms with Gasteiger partial charge in [-0.05, 0) is 30.7 Å². The second-order valence-electron chi connectivity index (χ2n) is 6.56. The maximum Gasteiger partial charge on any atom is 0.338 e. The van der Waals surface area contributed by atoms with E-state index in [9.17, 15) is 19.2 Å². The van der Waals surface area contributed by atoms with Crippen molar-refractivity contribution in [3.63, 3.8) is 0 Å². The molecule has 0 aliphatic rings. The van der Waals surface area contributed by atoms with Crippen LogP contribution in [0, 0.1) is 0 Å². The first-order chi connectivity index (χ1) is 14.5. The largest absolute Gasteiger partial charge is 0.462 e. The van der Waals surface area contributed by atoms with Gasteiger partial charge in [-0.1, -0.05) is 43.7 Å². The Morgan fingerprint density at radius 2 is 1.53 bits per heavy atom. The van der Waals surface area contributed by atoms with Gasteiger partial charge in [0.1, 0.15) is 0 Å². The van der Waals surface area contributed by atoms with Gasteiger partial charge in [-0.3, -0.25) is 14.4 Å². The van der Waals surface area contributed by atoms with Gasteiger partial charge >= 0.3 is 11.9 Å². The molecule has 0 unspecified atom stereocenters. The zero-order valence-corrected chi connectivity index (χ0v) is 16.9. The number of ketones is 1. The number of hydrogen-bond donors (Lipinski definition) is 1. The van der Waals surface area contributed by atoms with Gasteiger partial charge in [0.25, 0.3) is 0 Å². The summed E-state index contributed by atoms with van der Waals surface area (Å²) in [5.41, 5.74) is 1.36. The molecule has 0 saturated heterocycles. The predicted molar refractivity (Wildman–Crippen MR) is 111 cm³/mol. The SMILES string of the molecule is CCCCOC(=O)c1ccc(NC(=O)CCC(=O)OCC(=O)c2ccccc2)cc1. The number of carbonyl (C=O) groups is 4. The summed E-state index contributed by atoms with van der Waals surface area (Å²) in [6.45, 7) is 2.02. The molecule has 0 fully saturated rings. The van der Waals surface area contributed by atoms with Crippen molar-refractivity contribution in [3.8, 4) is 0 Å². The minimum absolute atomic E-state index is 0.0842. The van der Waals surface area contributed by atoms with Crippen molar-refractivity contribution in [1.82, 2.24) is 0 Å². The van der Waals surface area contributed by atoms with Gasteiger partial charge in [0.15, 0.2) is 12.4 Å². The number of rotatable bonds is 11. The summed E-state index contributed by atoms with van der Waals surface area (Å²) in [7, 11) is 0. The van der Waals surface area contributed by atoms with Crippen LogP contribution < -0.4 is 5.32 Å². The minimum Gasteiger partial charge on any atom is -0.462 e. The van der Waals surface area contributed by atoms with Crippen LogP contribution in [0.15, 0.2) is 54.6 Å². The molecule has 30 heavy (non-hydrogen) atoms. The molecule has 7 heteroatoms. The number of carbonyl (C=O) groups excluding carboxylic acids is 4. The Hall–Kier alpha value is -3.48. The Labute approximate surface area is 175 Å². The van der Waals surface area contributed by atoms with E-state index in [0.29, 0.717) is 23.4 Å². The van der Waals surface area contributed by atoms with E-state index in [2.05, 4.69) is 5.32 Å². The lowest BCUT2D eigenvalue weighted by Crippen LogP contribution is -2.17. The van der Waals surface area contributed by atoms with Gasteiger partial charge in [0.2, 0.25) is 5.91 Å². The van der Waals surface area contributed by atoms with Crippen LogP contribution in [0.4, 0.5) is 5.69 Å². The molecule has 2 aromatic carbocycles. The first-order valence-corrected chi connectivity index (χ1v) is 9.80. The summed E-state index contributed by atoms with van der Waals surface area (Å²) in [6, 6.07) is 14.8. The van der Waals surface area contributed by atoms with E-state index in [1.54, 1.807) is 54.6 Å². The molecule has 0 aliphatic heterocycles. The molecule has 2 aromatic rings. The average molecular weight is 411 g/mol. The number of anilines is 1. The van der Waals surface area contributed by atoms with Gasteiger partial charge < -0.3 is 14.8 Å². The first-order valence-electron chi connectivity index (χ1n) is 9.80. The lowest BCUT2D eigenvalue weighted by molar-refractivity contribution is -0.143. The van der Waals surface area contributed by atoms with E-state index < -0.39 is 11.9 Å². The normalized spacial score (nSPS) is 10.2. The number of esters is 2. The Kier molecular flexibility index (Phi) is 9.24. The Bertz CT molecular complexity index is 861. The van der Waals surface area contributed by atoms with Crippen molar-refractivity contribution < 1.29 is 28.7 Å². The van der Waals surface area contributed by atoms with Gasteiger partial charge in [0.05, 0.1) is 18.6 Å². The standard InChI is InChI=1S/C23H25NO6/c1-2-3-15-29-23(28)18-9-11-19(12-10-18)24-21(26)13-14-22(27)30-16-20(25)17-7-5-4-6-8-17/h4-12H,2-3,13-16H2,1H3,(H,24,26). The molecule has 158 valence electrons. The minimum atomic E-state index is -0.625. The third-order valence-corrected chi connectivity index (χ3v) is 4.15. The van der Waals surface area contributed by atoms with Gasteiger partial charge in [-0.2, -0.15) is 0 Å². The van der Waals surface area contributed by atoms with E-state index in [-0.39, 0.29) is 31.1 Å². The van der Waals surface area contributed by atoms with Gasteiger partial charge in [0, 0.05) is 17.7 Å². The van der Waals surface area contributed by atoms with E-state index in [0.717, 1.165) is 12.8 Å². The first kappa shape index (κ1) is 22.8. The van der Waals surface area contributed by atoms with Crippen LogP contribution in [0.25, 0.3) is 0 Å². The molecule has 0 radical (unpaired) electrons. The van der Waals surface area contributed by atoms with Crippen LogP contribution in [0.1, 0.15) is 53.3 Å². The molecule has 0 bridgehead atoms. The molecule has 0 aromatic heterocycles. The monoisotopic (exact) mass is 411 g/mol. The summed E-state index contributed by atoms with van der Waals surface area (Å²) in [4.78, 5) is 47.5. The maximum absolute atomic E-state index is 12.0.